The maximum atomic E-state index is 12.0. The number of anilines is 1. The topological polar surface area (TPSA) is 81.5 Å². The van der Waals surface area contributed by atoms with Gasteiger partial charge < -0.3 is 10.1 Å². The van der Waals surface area contributed by atoms with E-state index < -0.39 is 10.9 Å². The van der Waals surface area contributed by atoms with Crippen LogP contribution < -0.4 is 5.32 Å². The third-order valence-electron chi connectivity index (χ3n) is 4.23. The van der Waals surface area contributed by atoms with E-state index >= 15 is 0 Å². The highest BCUT2D eigenvalue weighted by Gasteiger charge is 2.15. The van der Waals surface area contributed by atoms with Crippen molar-refractivity contribution in [3.63, 3.8) is 0 Å². The first-order chi connectivity index (χ1) is 13.6. The van der Waals surface area contributed by atoms with Gasteiger partial charge in [-0.2, -0.15) is 0 Å². The van der Waals surface area contributed by atoms with Gasteiger partial charge in [-0.1, -0.05) is 42.5 Å². The number of ether oxygens (including phenoxy) is 1. The maximum Gasteiger partial charge on any atom is 0.338 e. The molecule has 0 radical (unpaired) electrons. The van der Waals surface area contributed by atoms with Crippen molar-refractivity contribution in [2.75, 3.05) is 11.9 Å². The Morgan fingerprint density at radius 2 is 1.75 bits per heavy atom. The lowest BCUT2D eigenvalue weighted by atomic mass is 10.0. The Morgan fingerprint density at radius 3 is 2.46 bits per heavy atom. The molecule has 3 aromatic carbocycles. The van der Waals surface area contributed by atoms with Gasteiger partial charge in [-0.25, -0.2) is 4.79 Å². The summed E-state index contributed by atoms with van der Waals surface area (Å²) in [6.07, 6.45) is 0. The fourth-order valence-corrected chi connectivity index (χ4v) is 2.85. The lowest BCUT2D eigenvalue weighted by Crippen LogP contribution is -2.04. The second-order valence-electron chi connectivity index (χ2n) is 6.13. The molecule has 0 bridgehead atoms. The van der Waals surface area contributed by atoms with Gasteiger partial charge in [-0.15, -0.1) is 0 Å². The average Bonchev–Trinajstić information content (AvgIpc) is 2.73. The van der Waals surface area contributed by atoms with Crippen LogP contribution in [0.3, 0.4) is 0 Å². The Bertz CT molecular complexity index is 987. The molecule has 0 aliphatic carbocycles. The molecule has 0 heterocycles. The molecule has 1 N–H and O–H groups in total. The van der Waals surface area contributed by atoms with Crippen molar-refractivity contribution < 1.29 is 14.5 Å². The fraction of sp³-hybridized carbons (Fsp3) is 0.136. The van der Waals surface area contributed by atoms with Gasteiger partial charge in [0, 0.05) is 12.6 Å². The number of hydrogen-bond donors (Lipinski definition) is 1. The molecule has 0 aliphatic heterocycles. The van der Waals surface area contributed by atoms with Crippen LogP contribution in [-0.4, -0.2) is 17.5 Å². The number of carbonyl (C=O) groups is 1. The van der Waals surface area contributed by atoms with Crippen LogP contribution in [-0.2, 0) is 11.3 Å². The van der Waals surface area contributed by atoms with E-state index in [-0.39, 0.29) is 5.69 Å². The Labute approximate surface area is 162 Å². The van der Waals surface area contributed by atoms with Crippen molar-refractivity contribution in [1.29, 1.82) is 0 Å². The predicted octanol–water partition coefficient (Wildman–Crippen LogP) is 5.05. The maximum absolute atomic E-state index is 12.0. The number of esters is 1. The largest absolute Gasteiger partial charge is 0.462 e. The average molecular weight is 376 g/mol. The van der Waals surface area contributed by atoms with E-state index in [2.05, 4.69) is 5.32 Å². The molecular weight excluding hydrogens is 356 g/mol. The normalized spacial score (nSPS) is 10.3. The molecule has 142 valence electrons. The van der Waals surface area contributed by atoms with Gasteiger partial charge in [-0.05, 0) is 47.9 Å². The molecule has 28 heavy (non-hydrogen) atoms. The lowest BCUT2D eigenvalue weighted by Gasteiger charge is -2.10. The van der Waals surface area contributed by atoms with E-state index in [1.165, 1.54) is 6.07 Å². The predicted molar refractivity (Wildman–Crippen MR) is 108 cm³/mol. The van der Waals surface area contributed by atoms with Crippen molar-refractivity contribution in [3.05, 3.63) is 94.0 Å². The Hall–Kier alpha value is -3.67. The number of nitro benzene ring substituents is 1. The summed E-state index contributed by atoms with van der Waals surface area (Å²) in [5.41, 5.74) is 3.44. The van der Waals surface area contributed by atoms with Gasteiger partial charge in [0.05, 0.1) is 17.1 Å². The molecule has 0 atom stereocenters. The monoisotopic (exact) mass is 376 g/mol. The summed E-state index contributed by atoms with van der Waals surface area (Å²) in [6.45, 7) is 2.52. The number of rotatable bonds is 7. The summed E-state index contributed by atoms with van der Waals surface area (Å²) in [6, 6.07) is 21.6. The molecular formula is C22H20N2O4. The zero-order valence-corrected chi connectivity index (χ0v) is 15.4. The van der Waals surface area contributed by atoms with E-state index in [1.54, 1.807) is 37.3 Å². The van der Waals surface area contributed by atoms with Gasteiger partial charge in [0.25, 0.3) is 5.69 Å². The van der Waals surface area contributed by atoms with E-state index in [0.29, 0.717) is 24.4 Å². The summed E-state index contributed by atoms with van der Waals surface area (Å²) in [5.74, 6) is -0.395. The van der Waals surface area contributed by atoms with Crippen molar-refractivity contribution in [2.45, 2.75) is 13.5 Å². The number of benzene rings is 3. The van der Waals surface area contributed by atoms with Crippen molar-refractivity contribution in [3.8, 4) is 11.1 Å². The van der Waals surface area contributed by atoms with E-state index in [1.807, 2.05) is 36.4 Å². The summed E-state index contributed by atoms with van der Waals surface area (Å²) < 4.78 is 5.04. The molecule has 3 aromatic rings. The van der Waals surface area contributed by atoms with Crippen molar-refractivity contribution in [1.82, 2.24) is 0 Å². The smallest absolute Gasteiger partial charge is 0.338 e. The highest BCUT2D eigenvalue weighted by Crippen LogP contribution is 2.31. The van der Waals surface area contributed by atoms with Gasteiger partial charge >= 0.3 is 5.97 Å². The summed E-state index contributed by atoms with van der Waals surface area (Å²) in [7, 11) is 0. The quantitative estimate of drug-likeness (QED) is 0.354. The first kappa shape index (κ1) is 19.1. The molecule has 0 fully saturated rings. The van der Waals surface area contributed by atoms with Gasteiger partial charge in [0.2, 0.25) is 0 Å². The minimum atomic E-state index is -0.411. The summed E-state index contributed by atoms with van der Waals surface area (Å²) in [4.78, 5) is 23.0. The van der Waals surface area contributed by atoms with Crippen molar-refractivity contribution in [2.24, 2.45) is 0 Å². The highest BCUT2D eigenvalue weighted by atomic mass is 16.6. The number of hydrogen-bond acceptors (Lipinski definition) is 5. The first-order valence-corrected chi connectivity index (χ1v) is 8.92. The molecule has 0 saturated heterocycles. The summed E-state index contributed by atoms with van der Waals surface area (Å²) in [5, 5.41) is 14.5. The summed E-state index contributed by atoms with van der Waals surface area (Å²) >= 11 is 0. The zero-order valence-electron chi connectivity index (χ0n) is 15.4. The van der Waals surface area contributed by atoms with Gasteiger partial charge in [0.1, 0.15) is 5.69 Å². The zero-order chi connectivity index (χ0) is 19.9. The third-order valence-corrected chi connectivity index (χ3v) is 4.23. The molecule has 0 unspecified atom stereocenters. The van der Waals surface area contributed by atoms with Crippen LogP contribution >= 0.6 is 0 Å². The van der Waals surface area contributed by atoms with Crippen LogP contribution in [0.15, 0.2) is 72.8 Å². The Morgan fingerprint density at radius 1 is 1.00 bits per heavy atom. The van der Waals surface area contributed by atoms with Crippen LogP contribution in [0.1, 0.15) is 22.8 Å². The van der Waals surface area contributed by atoms with Crippen LogP contribution in [0.2, 0.25) is 0 Å². The molecule has 0 saturated carbocycles. The second kappa shape index (κ2) is 8.81. The van der Waals surface area contributed by atoms with Gasteiger partial charge in [-0.3, -0.25) is 10.1 Å². The standard InChI is InChI=1S/C22H20N2O4/c1-2-28-22(25)19-10-6-9-17(13-19)18-11-12-21(24(26)27)20(14-18)23-15-16-7-4-3-5-8-16/h3-14,23H,2,15H2,1H3. The van der Waals surface area contributed by atoms with Crippen LogP contribution in [0, 0.1) is 10.1 Å². The molecule has 0 aliphatic rings. The number of nitrogens with one attached hydrogen (secondary N) is 1. The second-order valence-corrected chi connectivity index (χ2v) is 6.13. The van der Waals surface area contributed by atoms with E-state index in [9.17, 15) is 14.9 Å². The number of nitro groups is 1. The lowest BCUT2D eigenvalue weighted by molar-refractivity contribution is -0.384. The Kier molecular flexibility index (Phi) is 6.01. The molecule has 3 rings (SSSR count). The molecule has 0 aromatic heterocycles. The first-order valence-electron chi connectivity index (χ1n) is 8.92. The molecule has 0 amide bonds. The minimum Gasteiger partial charge on any atom is -0.462 e. The van der Waals surface area contributed by atoms with E-state index in [4.69, 9.17) is 4.74 Å². The highest BCUT2D eigenvalue weighted by molar-refractivity contribution is 5.91. The molecule has 0 spiro atoms. The molecule has 6 nitrogen and oxygen atoms in total. The third kappa shape index (κ3) is 4.54. The SMILES string of the molecule is CCOC(=O)c1cccc(-c2ccc([N+](=O)[O-])c(NCc3ccccc3)c2)c1. The van der Waals surface area contributed by atoms with Crippen LogP contribution in [0.4, 0.5) is 11.4 Å². The minimum absolute atomic E-state index is 0.00114. The fourth-order valence-electron chi connectivity index (χ4n) is 2.85. The van der Waals surface area contributed by atoms with E-state index in [0.717, 1.165) is 16.7 Å². The van der Waals surface area contributed by atoms with Gasteiger partial charge in [0.15, 0.2) is 0 Å². The number of nitrogens with zero attached hydrogens (tertiary/aromatic N) is 1. The van der Waals surface area contributed by atoms with Crippen LogP contribution in [0.25, 0.3) is 11.1 Å². The molecule has 6 heteroatoms. The van der Waals surface area contributed by atoms with Crippen molar-refractivity contribution >= 4 is 17.3 Å². The van der Waals surface area contributed by atoms with Crippen LogP contribution in [0.5, 0.6) is 0 Å². The Balaban J connectivity index is 1.91. The number of carbonyl (C=O) groups excluding carboxylic acids is 1.